The number of anilines is 1. The van der Waals surface area contributed by atoms with Crippen LogP contribution in [-0.4, -0.2) is 40.1 Å². The second kappa shape index (κ2) is 6.50. The maximum Gasteiger partial charge on any atom is 0.250 e. The average molecular weight is 415 g/mol. The number of rotatable bonds is 3. The fourth-order valence-electron chi connectivity index (χ4n) is 6.57. The smallest absolute Gasteiger partial charge is 0.250 e. The topological polar surface area (TPSA) is 69.7 Å². The third-order valence-electron chi connectivity index (χ3n) is 7.77. The van der Waals surface area contributed by atoms with E-state index in [1.54, 1.807) is 0 Å². The quantitative estimate of drug-likeness (QED) is 0.783. The van der Waals surface area contributed by atoms with E-state index in [-0.39, 0.29) is 30.3 Å². The molecule has 4 aliphatic rings. The molecule has 0 aliphatic carbocycles. The molecule has 0 aromatic heterocycles. The van der Waals surface area contributed by atoms with Gasteiger partial charge in [0.2, 0.25) is 17.7 Å². The van der Waals surface area contributed by atoms with Gasteiger partial charge in [-0.2, -0.15) is 0 Å². The molecule has 4 heterocycles. The first-order valence-corrected chi connectivity index (χ1v) is 11.2. The van der Waals surface area contributed by atoms with Gasteiger partial charge in [0.25, 0.3) is 0 Å². The van der Waals surface area contributed by atoms with Gasteiger partial charge in [-0.15, -0.1) is 0 Å². The summed E-state index contributed by atoms with van der Waals surface area (Å²) in [6, 6.07) is 15.5. The van der Waals surface area contributed by atoms with Crippen molar-refractivity contribution in [3.05, 3.63) is 65.2 Å². The number of fused-ring (bicyclic) bond motifs is 7. The van der Waals surface area contributed by atoms with E-state index < -0.39 is 17.4 Å². The van der Waals surface area contributed by atoms with Crippen LogP contribution in [0.5, 0.6) is 0 Å². The van der Waals surface area contributed by atoms with E-state index in [0.717, 1.165) is 48.2 Å². The molecule has 1 spiro atoms. The first kappa shape index (κ1) is 18.8. The number of benzene rings is 2. The second-order valence-corrected chi connectivity index (χ2v) is 9.07. The fraction of sp³-hybridized carbons (Fsp3) is 0.400. The lowest BCUT2D eigenvalue weighted by atomic mass is 9.75. The molecule has 6 nitrogen and oxygen atoms in total. The highest BCUT2D eigenvalue weighted by Crippen LogP contribution is 2.60. The molecule has 6 heteroatoms. The van der Waals surface area contributed by atoms with E-state index in [9.17, 15) is 14.4 Å². The molecule has 3 amide bonds. The molecule has 2 aromatic rings. The maximum absolute atomic E-state index is 13.8. The van der Waals surface area contributed by atoms with Gasteiger partial charge in [-0.25, -0.2) is 0 Å². The molecule has 0 saturated carbocycles. The van der Waals surface area contributed by atoms with Crippen molar-refractivity contribution in [2.45, 2.75) is 44.3 Å². The molecule has 4 atom stereocenters. The van der Waals surface area contributed by atoms with Crippen molar-refractivity contribution in [2.24, 2.45) is 11.8 Å². The summed E-state index contributed by atoms with van der Waals surface area (Å²) in [5.41, 5.74) is 2.62. The van der Waals surface area contributed by atoms with Gasteiger partial charge in [0.15, 0.2) is 0 Å². The Morgan fingerprint density at radius 1 is 1.03 bits per heavy atom. The van der Waals surface area contributed by atoms with Gasteiger partial charge in [0.05, 0.1) is 18.4 Å². The Hall–Kier alpha value is -2.99. The second-order valence-electron chi connectivity index (χ2n) is 9.07. The molecule has 0 unspecified atom stereocenters. The van der Waals surface area contributed by atoms with E-state index in [1.165, 1.54) is 4.90 Å². The molecule has 3 fully saturated rings. The molecule has 3 saturated heterocycles. The number of hydrogen-bond acceptors (Lipinski definition) is 4. The number of amides is 3. The lowest BCUT2D eigenvalue weighted by Gasteiger charge is -2.36. The van der Waals surface area contributed by atoms with Crippen molar-refractivity contribution in [1.29, 1.82) is 0 Å². The van der Waals surface area contributed by atoms with E-state index in [4.69, 9.17) is 0 Å². The zero-order valence-corrected chi connectivity index (χ0v) is 17.5. The monoisotopic (exact) mass is 415 g/mol. The Balaban J connectivity index is 1.50. The molecule has 2 aromatic carbocycles. The van der Waals surface area contributed by atoms with Crippen LogP contribution in [0.1, 0.15) is 36.5 Å². The Bertz CT molecular complexity index is 1110. The molecular formula is C25H25N3O3. The van der Waals surface area contributed by atoms with Gasteiger partial charge in [-0.05, 0) is 36.9 Å². The predicted molar refractivity (Wildman–Crippen MR) is 115 cm³/mol. The summed E-state index contributed by atoms with van der Waals surface area (Å²) in [5.74, 6) is -1.60. The van der Waals surface area contributed by atoms with Gasteiger partial charge in [0.1, 0.15) is 5.54 Å². The number of carbonyl (C=O) groups excluding carboxylic acids is 3. The molecule has 1 N–H and O–H groups in total. The minimum absolute atomic E-state index is 0.0655. The summed E-state index contributed by atoms with van der Waals surface area (Å²) in [4.78, 5) is 44.6. The molecule has 6 rings (SSSR count). The Morgan fingerprint density at radius 3 is 2.61 bits per heavy atom. The summed E-state index contributed by atoms with van der Waals surface area (Å²) >= 11 is 0. The van der Waals surface area contributed by atoms with Crippen LogP contribution in [0.4, 0.5) is 5.69 Å². The van der Waals surface area contributed by atoms with Crippen molar-refractivity contribution in [3.8, 4) is 0 Å². The van der Waals surface area contributed by atoms with Crippen LogP contribution in [0, 0.1) is 11.8 Å². The Morgan fingerprint density at radius 2 is 1.84 bits per heavy atom. The largest absolute Gasteiger partial charge is 0.324 e. The number of carbonyl (C=O) groups is 3. The van der Waals surface area contributed by atoms with E-state index in [2.05, 4.69) is 17.1 Å². The van der Waals surface area contributed by atoms with Gasteiger partial charge in [0, 0.05) is 17.3 Å². The minimum atomic E-state index is -1.08. The molecule has 31 heavy (non-hydrogen) atoms. The van der Waals surface area contributed by atoms with Crippen LogP contribution in [0.15, 0.2) is 48.5 Å². The molecular weight excluding hydrogens is 390 g/mol. The van der Waals surface area contributed by atoms with Gasteiger partial charge >= 0.3 is 0 Å². The SMILES string of the molecule is CCc1cccc2c1NC(=O)[C@]21[C@@H]2C(=O)N(Cc3ccccc3)C(=O)[C@@H]2[C@@H]2CCCN21. The summed E-state index contributed by atoms with van der Waals surface area (Å²) in [6.07, 6.45) is 2.58. The Labute approximate surface area is 181 Å². The number of imide groups is 1. The van der Waals surface area contributed by atoms with Crippen molar-refractivity contribution < 1.29 is 14.4 Å². The number of nitrogens with one attached hydrogen (secondary N) is 1. The number of aryl methyl sites for hydroxylation is 1. The predicted octanol–water partition coefficient (Wildman–Crippen LogP) is 2.68. The van der Waals surface area contributed by atoms with Gasteiger partial charge in [-0.3, -0.25) is 24.2 Å². The Kier molecular flexibility index (Phi) is 3.93. The molecule has 0 radical (unpaired) electrons. The first-order valence-electron chi connectivity index (χ1n) is 11.2. The average Bonchev–Trinajstić information content (AvgIpc) is 3.49. The van der Waals surface area contributed by atoms with Crippen molar-refractivity contribution >= 4 is 23.4 Å². The highest BCUT2D eigenvalue weighted by molar-refractivity contribution is 6.15. The summed E-state index contributed by atoms with van der Waals surface area (Å²) in [5, 5.41) is 3.11. The fourth-order valence-corrected chi connectivity index (χ4v) is 6.57. The molecule has 4 aliphatic heterocycles. The standard InChI is InChI=1S/C25H25N3O3/c1-2-16-10-6-11-17-21(16)26-24(31)25(17)20-19(18-12-7-13-28(18)25)22(29)27(23(20)30)14-15-8-4-3-5-9-15/h3-6,8-11,18-20H,2,7,12-14H2,1H3,(H,26,31)/t18-,19+,20-,25+/m0/s1. The van der Waals surface area contributed by atoms with Crippen molar-refractivity contribution in [2.75, 3.05) is 11.9 Å². The zero-order valence-electron chi connectivity index (χ0n) is 17.5. The van der Waals surface area contributed by atoms with Gasteiger partial charge in [-0.1, -0.05) is 55.5 Å². The van der Waals surface area contributed by atoms with Crippen LogP contribution in [0.25, 0.3) is 0 Å². The summed E-state index contributed by atoms with van der Waals surface area (Å²) in [7, 11) is 0. The number of para-hydroxylation sites is 1. The van der Waals surface area contributed by atoms with Crippen LogP contribution >= 0.6 is 0 Å². The van der Waals surface area contributed by atoms with Crippen LogP contribution in [0.2, 0.25) is 0 Å². The third-order valence-corrected chi connectivity index (χ3v) is 7.77. The van der Waals surface area contributed by atoms with Crippen molar-refractivity contribution in [3.63, 3.8) is 0 Å². The van der Waals surface area contributed by atoms with E-state index >= 15 is 0 Å². The van der Waals surface area contributed by atoms with Crippen LogP contribution < -0.4 is 5.32 Å². The minimum Gasteiger partial charge on any atom is -0.324 e. The molecule has 158 valence electrons. The third kappa shape index (κ3) is 2.23. The lowest BCUT2D eigenvalue weighted by Crippen LogP contribution is -2.54. The maximum atomic E-state index is 13.8. The first-order chi connectivity index (χ1) is 15.1. The van der Waals surface area contributed by atoms with Gasteiger partial charge < -0.3 is 5.32 Å². The van der Waals surface area contributed by atoms with Crippen molar-refractivity contribution in [1.82, 2.24) is 9.80 Å². The van der Waals surface area contributed by atoms with Crippen LogP contribution in [0.3, 0.4) is 0 Å². The number of hydrogen-bond donors (Lipinski definition) is 1. The number of nitrogens with zero attached hydrogens (tertiary/aromatic N) is 2. The molecule has 0 bridgehead atoms. The lowest BCUT2D eigenvalue weighted by molar-refractivity contribution is -0.146. The summed E-state index contributed by atoms with van der Waals surface area (Å²) in [6.45, 7) is 3.06. The van der Waals surface area contributed by atoms with E-state index in [1.807, 2.05) is 48.5 Å². The van der Waals surface area contributed by atoms with E-state index in [0.29, 0.717) is 0 Å². The summed E-state index contributed by atoms with van der Waals surface area (Å²) < 4.78 is 0. The highest BCUT2D eigenvalue weighted by Gasteiger charge is 2.74. The normalized spacial score (nSPS) is 31.3. The zero-order chi connectivity index (χ0) is 21.3. The number of likely N-dealkylation sites (tertiary alicyclic amines) is 1. The van der Waals surface area contributed by atoms with Crippen LogP contribution in [-0.2, 0) is 32.9 Å². The highest BCUT2D eigenvalue weighted by atomic mass is 16.2.